The lowest BCUT2D eigenvalue weighted by Gasteiger charge is -2.32. The van der Waals surface area contributed by atoms with Crippen molar-refractivity contribution in [3.05, 3.63) is 66.1 Å². The molecule has 5 rings (SSSR count). The van der Waals surface area contributed by atoms with E-state index in [0.29, 0.717) is 13.0 Å². The first-order chi connectivity index (χ1) is 14.8. The largest absolute Gasteiger partial charge is 0.440 e. The number of likely N-dealkylation sites (tertiary alicyclic amines) is 1. The minimum Gasteiger partial charge on any atom is -0.440 e. The summed E-state index contributed by atoms with van der Waals surface area (Å²) in [6, 6.07) is 18.1. The summed E-state index contributed by atoms with van der Waals surface area (Å²) in [5.74, 6) is 0.866. The Hall–Kier alpha value is -3.15. The molecule has 0 radical (unpaired) electrons. The Morgan fingerprint density at radius 3 is 2.77 bits per heavy atom. The van der Waals surface area contributed by atoms with Crippen LogP contribution in [0.2, 0.25) is 0 Å². The van der Waals surface area contributed by atoms with E-state index >= 15 is 0 Å². The molecule has 2 aromatic carbocycles. The van der Waals surface area contributed by atoms with Gasteiger partial charge in [-0.15, -0.1) is 0 Å². The number of aryl methyl sites for hydroxylation is 1. The van der Waals surface area contributed by atoms with Gasteiger partial charge < -0.3 is 14.2 Å². The van der Waals surface area contributed by atoms with E-state index in [1.54, 1.807) is 0 Å². The van der Waals surface area contributed by atoms with E-state index in [9.17, 15) is 4.79 Å². The molecule has 3 aromatic rings. The third kappa shape index (κ3) is 3.95. The van der Waals surface area contributed by atoms with Gasteiger partial charge in [-0.2, -0.15) is 0 Å². The van der Waals surface area contributed by atoms with Gasteiger partial charge >= 0.3 is 0 Å². The Bertz CT molecular complexity index is 1030. The predicted octanol–water partition coefficient (Wildman–Crippen LogP) is 4.31. The Balaban J connectivity index is 1.18. The molecule has 1 amide bonds. The fourth-order valence-corrected chi connectivity index (χ4v) is 4.29. The van der Waals surface area contributed by atoms with E-state index in [1.807, 2.05) is 47.4 Å². The highest BCUT2D eigenvalue weighted by Gasteiger charge is 2.35. The molecule has 2 aliphatic heterocycles. The zero-order valence-corrected chi connectivity index (χ0v) is 16.9. The molecule has 0 N–H and O–H groups in total. The molecule has 2 aliphatic rings. The number of benzene rings is 2. The first-order valence-electron chi connectivity index (χ1n) is 10.7. The molecule has 1 fully saturated rings. The molecule has 0 bridgehead atoms. The number of rotatable bonds is 5. The molecule has 0 saturated carbocycles. The summed E-state index contributed by atoms with van der Waals surface area (Å²) in [4.78, 5) is 25.1. The lowest BCUT2D eigenvalue weighted by Crippen LogP contribution is -2.44. The molecule has 3 heterocycles. The summed E-state index contributed by atoms with van der Waals surface area (Å²) in [6.45, 7) is 1.36. The van der Waals surface area contributed by atoms with Crippen molar-refractivity contribution in [3.63, 3.8) is 0 Å². The first-order valence-corrected chi connectivity index (χ1v) is 10.7. The average molecular weight is 403 g/mol. The number of oxime groups is 1. The Morgan fingerprint density at radius 2 is 1.90 bits per heavy atom. The van der Waals surface area contributed by atoms with Crippen LogP contribution in [0, 0.1) is 0 Å². The van der Waals surface area contributed by atoms with E-state index in [2.05, 4.69) is 22.3 Å². The number of para-hydroxylation sites is 2. The van der Waals surface area contributed by atoms with Crippen LogP contribution < -0.4 is 0 Å². The maximum Gasteiger partial charge on any atom is 0.266 e. The second-order valence-electron chi connectivity index (χ2n) is 8.08. The van der Waals surface area contributed by atoms with Gasteiger partial charge in [0.1, 0.15) is 5.52 Å². The number of nitrogens with zero attached hydrogens (tertiary/aromatic N) is 3. The minimum absolute atomic E-state index is 0.0225. The zero-order valence-electron chi connectivity index (χ0n) is 16.9. The quantitative estimate of drug-likeness (QED) is 0.637. The maximum atomic E-state index is 13.0. The molecule has 0 spiro atoms. The van der Waals surface area contributed by atoms with E-state index in [4.69, 9.17) is 9.25 Å². The second kappa shape index (κ2) is 8.30. The van der Waals surface area contributed by atoms with Gasteiger partial charge in [0.05, 0.1) is 11.6 Å². The van der Waals surface area contributed by atoms with E-state index < -0.39 is 6.10 Å². The van der Waals surface area contributed by atoms with Crippen LogP contribution in [0.15, 0.2) is 64.2 Å². The Labute approximate surface area is 175 Å². The Morgan fingerprint density at radius 1 is 1.07 bits per heavy atom. The van der Waals surface area contributed by atoms with Crippen molar-refractivity contribution in [3.8, 4) is 0 Å². The highest BCUT2D eigenvalue weighted by Crippen LogP contribution is 2.30. The van der Waals surface area contributed by atoms with Crippen LogP contribution in [0.25, 0.3) is 11.1 Å². The van der Waals surface area contributed by atoms with E-state index in [1.165, 1.54) is 5.56 Å². The van der Waals surface area contributed by atoms with Crippen molar-refractivity contribution in [2.24, 2.45) is 5.16 Å². The predicted molar refractivity (Wildman–Crippen MR) is 114 cm³/mol. The number of hydrogen-bond donors (Lipinski definition) is 0. The number of carbonyl (C=O) groups is 1. The lowest BCUT2D eigenvalue weighted by molar-refractivity contribution is -0.143. The highest BCUT2D eigenvalue weighted by atomic mass is 16.6. The van der Waals surface area contributed by atoms with Gasteiger partial charge in [0.15, 0.2) is 11.5 Å². The molecule has 30 heavy (non-hydrogen) atoms. The second-order valence-corrected chi connectivity index (χ2v) is 8.08. The fraction of sp³-hybridized carbons (Fsp3) is 0.375. The number of hydrogen-bond acceptors (Lipinski definition) is 5. The third-order valence-electron chi connectivity index (χ3n) is 5.94. The van der Waals surface area contributed by atoms with Crippen LogP contribution in [0.3, 0.4) is 0 Å². The molecule has 2 atom stereocenters. The SMILES string of the molecule is O=C([C@@H]1CC(CCc2ccccc2)=NO1)N1CCC[C@H](c2nc3ccccc3o2)C1. The van der Waals surface area contributed by atoms with Crippen molar-refractivity contribution >= 4 is 22.7 Å². The van der Waals surface area contributed by atoms with Gasteiger partial charge in [-0.1, -0.05) is 47.6 Å². The molecular formula is C24H25N3O3. The normalized spacial score (nSPS) is 21.5. The third-order valence-corrected chi connectivity index (χ3v) is 5.94. The summed E-state index contributed by atoms with van der Waals surface area (Å²) >= 11 is 0. The number of oxazole rings is 1. The standard InChI is InChI=1S/C24H25N3O3/c28-24(22-15-19(26-30-22)13-12-17-7-2-1-3-8-17)27-14-6-9-18(16-27)23-25-20-10-4-5-11-21(20)29-23/h1-5,7-8,10-11,18,22H,6,9,12-16H2/t18-,22-/m0/s1. The molecule has 0 aliphatic carbocycles. The van der Waals surface area contributed by atoms with Crippen molar-refractivity contribution in [1.82, 2.24) is 9.88 Å². The van der Waals surface area contributed by atoms with Crippen LogP contribution in [0.4, 0.5) is 0 Å². The molecule has 1 aromatic heterocycles. The van der Waals surface area contributed by atoms with Gasteiger partial charge in [0.2, 0.25) is 6.10 Å². The van der Waals surface area contributed by atoms with E-state index in [-0.39, 0.29) is 11.8 Å². The summed E-state index contributed by atoms with van der Waals surface area (Å²) in [6.07, 6.45) is 3.71. The van der Waals surface area contributed by atoms with Crippen LogP contribution >= 0.6 is 0 Å². The number of amides is 1. The van der Waals surface area contributed by atoms with Crippen LogP contribution in [-0.4, -0.2) is 40.7 Å². The van der Waals surface area contributed by atoms with E-state index in [0.717, 1.165) is 54.9 Å². The summed E-state index contributed by atoms with van der Waals surface area (Å²) in [5.41, 5.74) is 3.90. The Kier molecular flexibility index (Phi) is 5.22. The average Bonchev–Trinajstić information content (AvgIpc) is 3.45. The van der Waals surface area contributed by atoms with Gasteiger partial charge in [-0.25, -0.2) is 4.98 Å². The lowest BCUT2D eigenvalue weighted by atomic mass is 9.97. The highest BCUT2D eigenvalue weighted by molar-refractivity contribution is 5.93. The summed E-state index contributed by atoms with van der Waals surface area (Å²) < 4.78 is 5.95. The van der Waals surface area contributed by atoms with Crippen molar-refractivity contribution in [1.29, 1.82) is 0 Å². The molecule has 6 heteroatoms. The fourth-order valence-electron chi connectivity index (χ4n) is 4.29. The molecule has 154 valence electrons. The topological polar surface area (TPSA) is 67.9 Å². The van der Waals surface area contributed by atoms with Crippen molar-refractivity contribution in [2.75, 3.05) is 13.1 Å². The van der Waals surface area contributed by atoms with Crippen LogP contribution in [0.1, 0.15) is 43.1 Å². The monoisotopic (exact) mass is 403 g/mol. The van der Waals surface area contributed by atoms with Crippen LogP contribution in [-0.2, 0) is 16.1 Å². The maximum absolute atomic E-state index is 13.0. The smallest absolute Gasteiger partial charge is 0.266 e. The summed E-state index contributed by atoms with van der Waals surface area (Å²) in [7, 11) is 0. The number of carbonyl (C=O) groups excluding carboxylic acids is 1. The summed E-state index contributed by atoms with van der Waals surface area (Å²) in [5, 5.41) is 4.19. The molecule has 1 saturated heterocycles. The minimum atomic E-state index is -0.502. The van der Waals surface area contributed by atoms with Gasteiger partial charge in [-0.3, -0.25) is 4.79 Å². The zero-order chi connectivity index (χ0) is 20.3. The van der Waals surface area contributed by atoms with Crippen molar-refractivity contribution in [2.45, 2.75) is 44.1 Å². The molecule has 6 nitrogen and oxygen atoms in total. The number of fused-ring (bicyclic) bond motifs is 1. The number of piperidine rings is 1. The van der Waals surface area contributed by atoms with Gasteiger partial charge in [0, 0.05) is 19.5 Å². The molecular weight excluding hydrogens is 378 g/mol. The van der Waals surface area contributed by atoms with Crippen molar-refractivity contribution < 1.29 is 14.0 Å². The van der Waals surface area contributed by atoms with Crippen LogP contribution in [0.5, 0.6) is 0 Å². The first kappa shape index (κ1) is 18.9. The number of aromatic nitrogens is 1. The van der Waals surface area contributed by atoms with Gasteiger partial charge in [0.25, 0.3) is 5.91 Å². The van der Waals surface area contributed by atoms with Gasteiger partial charge in [-0.05, 0) is 43.4 Å². The molecule has 0 unspecified atom stereocenters.